The molecule has 0 aliphatic heterocycles. The van der Waals surface area contributed by atoms with Crippen molar-refractivity contribution >= 4 is 34.7 Å². The first-order chi connectivity index (χ1) is 12.3. The summed E-state index contributed by atoms with van der Waals surface area (Å²) >= 11 is 5.76. The molecule has 2 rings (SSSR count). The van der Waals surface area contributed by atoms with E-state index in [0.29, 0.717) is 5.69 Å². The molecule has 2 aromatic carbocycles. The van der Waals surface area contributed by atoms with Crippen molar-refractivity contribution in [3.63, 3.8) is 0 Å². The zero-order valence-electron chi connectivity index (χ0n) is 13.6. The second-order valence-corrected chi connectivity index (χ2v) is 5.56. The fourth-order valence-electron chi connectivity index (χ4n) is 2.17. The number of Topliss-reactive ketones (excluding diaryl/α,β-unsaturated/α-hetero) is 1. The summed E-state index contributed by atoms with van der Waals surface area (Å²) in [7, 11) is 0. The van der Waals surface area contributed by atoms with Crippen molar-refractivity contribution in [2.24, 2.45) is 0 Å². The molecule has 1 unspecified atom stereocenters. The van der Waals surface area contributed by atoms with Crippen molar-refractivity contribution in [2.45, 2.75) is 13.2 Å². The third-order valence-electron chi connectivity index (χ3n) is 3.43. The molecular weight excluding hydrogens is 364 g/mol. The number of aromatic carboxylic acids is 1. The molecule has 0 amide bonds. The molecule has 0 saturated carbocycles. The Balaban J connectivity index is 2.25. The molecule has 2 N–H and O–H groups in total. The molecule has 0 aliphatic carbocycles. The summed E-state index contributed by atoms with van der Waals surface area (Å²) in [5.74, 6) is -1.59. The lowest BCUT2D eigenvalue weighted by molar-refractivity contribution is -0.384. The minimum Gasteiger partial charge on any atom is -0.478 e. The van der Waals surface area contributed by atoms with Gasteiger partial charge in [-0.1, -0.05) is 11.6 Å². The smallest absolute Gasteiger partial charge is 0.335 e. The van der Waals surface area contributed by atoms with Crippen LogP contribution in [0.5, 0.6) is 0 Å². The summed E-state index contributed by atoms with van der Waals surface area (Å²) in [4.78, 5) is 33.8. The molecule has 0 aromatic heterocycles. The van der Waals surface area contributed by atoms with E-state index in [4.69, 9.17) is 21.4 Å². The van der Waals surface area contributed by atoms with Gasteiger partial charge in [0, 0.05) is 23.9 Å². The molecular formula is C17H15ClN2O6. The normalized spacial score (nSPS) is 11.6. The number of carbonyl (C=O) groups excluding carboxylic acids is 1. The Kier molecular flexibility index (Phi) is 6.26. The van der Waals surface area contributed by atoms with Crippen LogP contribution in [0, 0.1) is 10.1 Å². The van der Waals surface area contributed by atoms with E-state index in [2.05, 4.69) is 5.32 Å². The van der Waals surface area contributed by atoms with Crippen molar-refractivity contribution in [3.05, 3.63) is 68.7 Å². The molecule has 26 heavy (non-hydrogen) atoms. The zero-order chi connectivity index (χ0) is 19.3. The maximum absolute atomic E-state index is 12.7. The number of halogens is 1. The van der Waals surface area contributed by atoms with Crippen molar-refractivity contribution in [1.29, 1.82) is 0 Å². The largest absolute Gasteiger partial charge is 0.478 e. The number of nitrogens with zero attached hydrogens (tertiary/aromatic N) is 1. The number of carbonyl (C=O) groups is 2. The third kappa shape index (κ3) is 4.56. The van der Waals surface area contributed by atoms with Gasteiger partial charge in [-0.25, -0.2) is 4.79 Å². The maximum atomic E-state index is 12.7. The Morgan fingerprint density at radius 1 is 1.23 bits per heavy atom. The van der Waals surface area contributed by atoms with Gasteiger partial charge in [-0.15, -0.1) is 0 Å². The summed E-state index contributed by atoms with van der Waals surface area (Å²) in [5.41, 5.74) is 0.251. The highest BCUT2D eigenvalue weighted by atomic mass is 35.5. The quantitative estimate of drug-likeness (QED) is 0.311. The summed E-state index contributed by atoms with van der Waals surface area (Å²) in [6, 6.07) is 9.49. The first kappa shape index (κ1) is 19.4. The number of rotatable bonds is 8. The van der Waals surface area contributed by atoms with Crippen molar-refractivity contribution < 1.29 is 24.4 Å². The van der Waals surface area contributed by atoms with Gasteiger partial charge in [0.05, 0.1) is 10.5 Å². The van der Waals surface area contributed by atoms with Gasteiger partial charge in [0.25, 0.3) is 5.69 Å². The highest BCUT2D eigenvalue weighted by Crippen LogP contribution is 2.26. The Hall–Kier alpha value is -2.97. The predicted octanol–water partition coefficient (Wildman–Crippen LogP) is 3.60. The number of hydrogen-bond donors (Lipinski definition) is 2. The molecule has 136 valence electrons. The average molecular weight is 379 g/mol. The van der Waals surface area contributed by atoms with Gasteiger partial charge in [0.1, 0.15) is 5.02 Å². The van der Waals surface area contributed by atoms with Gasteiger partial charge in [0.2, 0.25) is 5.78 Å². The van der Waals surface area contributed by atoms with Gasteiger partial charge in [-0.05, 0) is 43.3 Å². The van der Waals surface area contributed by atoms with E-state index in [1.165, 1.54) is 36.4 Å². The van der Waals surface area contributed by atoms with Crippen molar-refractivity contribution in [1.82, 2.24) is 0 Å². The van der Waals surface area contributed by atoms with Gasteiger partial charge in [-0.3, -0.25) is 14.9 Å². The SMILES string of the molecule is CCOC(Nc1ccc(C(=O)O)cc1)C(=O)c1ccc(Cl)c([N+](=O)[O-])c1. The standard InChI is InChI=1S/C17H15ClN2O6/c1-2-26-16(19-12-6-3-10(4-7-12)17(22)23)15(21)11-5-8-13(18)14(9-11)20(24)25/h3-9,16,19H,2H2,1H3,(H,22,23). The van der Waals surface area contributed by atoms with Crippen LogP contribution in [0.25, 0.3) is 0 Å². The van der Waals surface area contributed by atoms with E-state index < -0.39 is 22.9 Å². The molecule has 2 aromatic rings. The van der Waals surface area contributed by atoms with Crippen LogP contribution in [0.4, 0.5) is 11.4 Å². The van der Waals surface area contributed by atoms with Gasteiger partial charge in [0.15, 0.2) is 6.23 Å². The second kappa shape index (κ2) is 8.41. The fourth-order valence-corrected chi connectivity index (χ4v) is 2.35. The molecule has 1 atom stereocenters. The third-order valence-corrected chi connectivity index (χ3v) is 3.75. The van der Waals surface area contributed by atoms with Gasteiger partial charge in [-0.2, -0.15) is 0 Å². The van der Waals surface area contributed by atoms with Gasteiger partial charge >= 0.3 is 5.97 Å². The van der Waals surface area contributed by atoms with E-state index in [1.807, 2.05) is 0 Å². The topological polar surface area (TPSA) is 119 Å². The molecule has 0 radical (unpaired) electrons. The molecule has 0 bridgehead atoms. The number of hydrogen-bond acceptors (Lipinski definition) is 6. The molecule has 0 aliphatic rings. The van der Waals surface area contributed by atoms with Crippen LogP contribution >= 0.6 is 11.6 Å². The number of nitro benzene ring substituents is 1. The van der Waals surface area contributed by atoms with E-state index >= 15 is 0 Å². The molecule has 0 fully saturated rings. The summed E-state index contributed by atoms with van der Waals surface area (Å²) in [6.45, 7) is 1.91. The maximum Gasteiger partial charge on any atom is 0.335 e. The minimum absolute atomic E-state index is 0.0641. The number of benzene rings is 2. The van der Waals surface area contributed by atoms with E-state index in [0.717, 1.165) is 6.07 Å². The lowest BCUT2D eigenvalue weighted by atomic mass is 10.1. The van der Waals surface area contributed by atoms with E-state index in [-0.39, 0.29) is 28.4 Å². The summed E-state index contributed by atoms with van der Waals surface area (Å²) in [5, 5.41) is 22.7. The van der Waals surface area contributed by atoms with Gasteiger partial charge < -0.3 is 15.2 Å². The lowest BCUT2D eigenvalue weighted by Crippen LogP contribution is -2.32. The number of ketones is 1. The number of nitro groups is 1. The Morgan fingerprint density at radius 3 is 2.38 bits per heavy atom. The Morgan fingerprint density at radius 2 is 1.85 bits per heavy atom. The molecule has 9 heteroatoms. The highest BCUT2D eigenvalue weighted by molar-refractivity contribution is 6.32. The van der Waals surface area contributed by atoms with Crippen LogP contribution < -0.4 is 5.32 Å². The molecule has 0 saturated heterocycles. The minimum atomic E-state index is -1.10. The second-order valence-electron chi connectivity index (χ2n) is 5.15. The molecule has 8 nitrogen and oxygen atoms in total. The first-order valence-electron chi connectivity index (χ1n) is 7.53. The van der Waals surface area contributed by atoms with Crippen LogP contribution in [0.15, 0.2) is 42.5 Å². The summed E-state index contributed by atoms with van der Waals surface area (Å²) in [6.07, 6.45) is -1.10. The van der Waals surface area contributed by atoms with Crippen molar-refractivity contribution in [2.75, 3.05) is 11.9 Å². The number of nitrogens with one attached hydrogen (secondary N) is 1. The summed E-state index contributed by atoms with van der Waals surface area (Å²) < 4.78 is 5.39. The van der Waals surface area contributed by atoms with Crippen LogP contribution in [0.1, 0.15) is 27.6 Å². The van der Waals surface area contributed by atoms with E-state index in [1.54, 1.807) is 6.92 Å². The van der Waals surface area contributed by atoms with E-state index in [9.17, 15) is 19.7 Å². The number of carboxylic acid groups (broad SMARTS) is 1. The predicted molar refractivity (Wildman–Crippen MR) is 94.9 cm³/mol. The van der Waals surface area contributed by atoms with Crippen LogP contribution in [0.3, 0.4) is 0 Å². The number of ether oxygens (including phenoxy) is 1. The van der Waals surface area contributed by atoms with Crippen LogP contribution in [0.2, 0.25) is 5.02 Å². The first-order valence-corrected chi connectivity index (χ1v) is 7.91. The molecule has 0 heterocycles. The monoisotopic (exact) mass is 378 g/mol. The number of carboxylic acids is 1. The average Bonchev–Trinajstić information content (AvgIpc) is 2.61. The van der Waals surface area contributed by atoms with Crippen molar-refractivity contribution in [3.8, 4) is 0 Å². The zero-order valence-corrected chi connectivity index (χ0v) is 14.4. The van der Waals surface area contributed by atoms with Crippen LogP contribution in [-0.4, -0.2) is 34.6 Å². The Bertz CT molecular complexity index is 838. The fraction of sp³-hybridized carbons (Fsp3) is 0.176. The highest BCUT2D eigenvalue weighted by Gasteiger charge is 2.23. The molecule has 0 spiro atoms. The number of anilines is 1. The lowest BCUT2D eigenvalue weighted by Gasteiger charge is -2.19. The Labute approximate surface area is 153 Å². The van der Waals surface area contributed by atoms with Crippen LogP contribution in [-0.2, 0) is 4.74 Å².